The molecule has 0 aliphatic carbocycles. The van der Waals surface area contributed by atoms with Crippen LogP contribution in [0.3, 0.4) is 0 Å². The molecule has 2 heterocycles. The van der Waals surface area contributed by atoms with Crippen LogP contribution in [0.4, 0.5) is 5.13 Å². The summed E-state index contributed by atoms with van der Waals surface area (Å²) < 4.78 is 26.9. The molecule has 1 aliphatic rings. The molecular weight excluding hydrogens is 358 g/mol. The zero-order chi connectivity index (χ0) is 18.0. The van der Waals surface area contributed by atoms with Gasteiger partial charge in [-0.2, -0.15) is 4.31 Å². The second-order valence-corrected chi connectivity index (χ2v) is 9.16. The monoisotopic (exact) mass is 379 g/mol. The predicted molar refractivity (Wildman–Crippen MR) is 98.4 cm³/mol. The molecule has 0 radical (unpaired) electrons. The molecule has 1 aliphatic heterocycles. The van der Waals surface area contributed by atoms with Gasteiger partial charge in [-0.15, -0.1) is 11.3 Å². The first-order valence-corrected chi connectivity index (χ1v) is 10.5. The van der Waals surface area contributed by atoms with Crippen LogP contribution >= 0.6 is 11.3 Å². The number of hydrogen-bond acceptors (Lipinski definition) is 5. The molecule has 25 heavy (non-hydrogen) atoms. The molecule has 0 spiro atoms. The van der Waals surface area contributed by atoms with Crippen LogP contribution in [0.1, 0.15) is 35.8 Å². The van der Waals surface area contributed by atoms with Crippen LogP contribution < -0.4 is 5.32 Å². The molecule has 1 amide bonds. The van der Waals surface area contributed by atoms with Crippen molar-refractivity contribution in [2.24, 2.45) is 5.92 Å². The van der Waals surface area contributed by atoms with Gasteiger partial charge in [-0.05, 0) is 49.9 Å². The Labute approximate surface area is 151 Å². The molecule has 1 fully saturated rings. The van der Waals surface area contributed by atoms with Gasteiger partial charge < -0.3 is 0 Å². The first-order valence-electron chi connectivity index (χ1n) is 8.20. The number of piperidine rings is 1. The molecule has 3 rings (SSSR count). The maximum atomic E-state index is 12.7. The Hall–Kier alpha value is -1.77. The van der Waals surface area contributed by atoms with Crippen LogP contribution in [0.25, 0.3) is 0 Å². The van der Waals surface area contributed by atoms with Gasteiger partial charge in [0.05, 0.1) is 10.6 Å². The summed E-state index contributed by atoms with van der Waals surface area (Å²) in [6.45, 7) is 5.10. The van der Waals surface area contributed by atoms with Gasteiger partial charge in [0, 0.05) is 24.0 Å². The first-order chi connectivity index (χ1) is 11.9. The summed E-state index contributed by atoms with van der Waals surface area (Å²) in [6.07, 6.45) is 1.76. The Kier molecular flexibility index (Phi) is 5.21. The highest BCUT2D eigenvalue weighted by Crippen LogP contribution is 2.24. The highest BCUT2D eigenvalue weighted by Gasteiger charge is 2.28. The summed E-state index contributed by atoms with van der Waals surface area (Å²) in [6, 6.07) is 6.06. The topological polar surface area (TPSA) is 79.4 Å². The lowest BCUT2D eigenvalue weighted by atomic mass is 10.0. The molecule has 1 N–H and O–H groups in total. The van der Waals surface area contributed by atoms with E-state index >= 15 is 0 Å². The van der Waals surface area contributed by atoms with Crippen molar-refractivity contribution in [3.8, 4) is 0 Å². The molecule has 0 unspecified atom stereocenters. The lowest BCUT2D eigenvalue weighted by molar-refractivity contribution is 0.102. The fourth-order valence-corrected chi connectivity index (χ4v) is 4.89. The average molecular weight is 380 g/mol. The van der Waals surface area contributed by atoms with Gasteiger partial charge in [-0.3, -0.25) is 10.1 Å². The molecule has 0 bridgehead atoms. The van der Waals surface area contributed by atoms with Crippen molar-refractivity contribution < 1.29 is 13.2 Å². The van der Waals surface area contributed by atoms with E-state index in [-0.39, 0.29) is 10.8 Å². The molecule has 2 aromatic rings. The van der Waals surface area contributed by atoms with E-state index in [2.05, 4.69) is 17.2 Å². The molecule has 1 saturated heterocycles. The Morgan fingerprint density at radius 2 is 1.88 bits per heavy atom. The number of sulfonamides is 1. The fourth-order valence-electron chi connectivity index (χ4n) is 2.73. The number of aromatic nitrogens is 1. The van der Waals surface area contributed by atoms with Gasteiger partial charge in [0.2, 0.25) is 10.0 Å². The minimum atomic E-state index is -3.49. The van der Waals surface area contributed by atoms with Crippen molar-refractivity contribution in [3.63, 3.8) is 0 Å². The van der Waals surface area contributed by atoms with Crippen LogP contribution in [0.5, 0.6) is 0 Å². The van der Waals surface area contributed by atoms with Gasteiger partial charge >= 0.3 is 0 Å². The molecule has 134 valence electrons. The van der Waals surface area contributed by atoms with Crippen molar-refractivity contribution in [2.75, 3.05) is 18.4 Å². The normalized spacial score (nSPS) is 16.7. The van der Waals surface area contributed by atoms with E-state index in [1.165, 1.54) is 39.9 Å². The minimum Gasteiger partial charge on any atom is -0.298 e. The fraction of sp³-hybridized carbons (Fsp3) is 0.412. The number of nitrogens with one attached hydrogen (secondary N) is 1. The standard InChI is InChI=1S/C17H21N3O3S2/c1-12-7-9-20(10-8-12)25(22,23)15-5-3-14(4-6-15)16(21)19-17-18-13(2)11-24-17/h3-6,11-12H,7-10H2,1-2H3,(H,18,19,21). The lowest BCUT2D eigenvalue weighted by Crippen LogP contribution is -2.37. The maximum Gasteiger partial charge on any atom is 0.257 e. The predicted octanol–water partition coefficient (Wildman–Crippen LogP) is 3.12. The second kappa shape index (κ2) is 7.23. The van der Waals surface area contributed by atoms with Crippen molar-refractivity contribution in [1.82, 2.24) is 9.29 Å². The van der Waals surface area contributed by atoms with Gasteiger partial charge in [0.1, 0.15) is 0 Å². The summed E-state index contributed by atoms with van der Waals surface area (Å²) in [5.74, 6) is 0.261. The summed E-state index contributed by atoms with van der Waals surface area (Å²) in [7, 11) is -3.49. The summed E-state index contributed by atoms with van der Waals surface area (Å²) >= 11 is 1.35. The van der Waals surface area contributed by atoms with E-state index in [4.69, 9.17) is 0 Å². The largest absolute Gasteiger partial charge is 0.298 e. The molecule has 8 heteroatoms. The number of rotatable bonds is 4. The molecule has 6 nitrogen and oxygen atoms in total. The zero-order valence-corrected chi connectivity index (χ0v) is 15.9. The number of thiazole rings is 1. The van der Waals surface area contributed by atoms with Crippen molar-refractivity contribution >= 4 is 32.4 Å². The van der Waals surface area contributed by atoms with E-state index in [0.717, 1.165) is 18.5 Å². The van der Waals surface area contributed by atoms with Crippen LogP contribution in [0.2, 0.25) is 0 Å². The third kappa shape index (κ3) is 4.08. The number of carbonyl (C=O) groups excluding carboxylic acids is 1. The summed E-state index contributed by atoms with van der Waals surface area (Å²) in [4.78, 5) is 16.6. The van der Waals surface area contributed by atoms with Crippen molar-refractivity contribution in [1.29, 1.82) is 0 Å². The number of anilines is 1. The van der Waals surface area contributed by atoms with Gasteiger partial charge in [0.15, 0.2) is 5.13 Å². The van der Waals surface area contributed by atoms with E-state index in [0.29, 0.717) is 29.7 Å². The van der Waals surface area contributed by atoms with Gasteiger partial charge in [-0.1, -0.05) is 6.92 Å². The minimum absolute atomic E-state index is 0.226. The first kappa shape index (κ1) is 18.0. The third-order valence-corrected chi connectivity index (χ3v) is 7.12. The third-order valence-electron chi connectivity index (χ3n) is 4.34. The second-order valence-electron chi connectivity index (χ2n) is 6.36. The number of amides is 1. The lowest BCUT2D eigenvalue weighted by Gasteiger charge is -2.29. The molecule has 0 saturated carbocycles. The SMILES string of the molecule is Cc1csc(NC(=O)c2ccc(S(=O)(=O)N3CCC(C)CC3)cc2)n1. The molecule has 0 atom stereocenters. The number of aryl methyl sites for hydroxylation is 1. The average Bonchev–Trinajstić information content (AvgIpc) is 3.00. The number of benzene rings is 1. The van der Waals surface area contributed by atoms with Crippen LogP contribution in [0.15, 0.2) is 34.5 Å². The number of carbonyl (C=O) groups is 1. The van der Waals surface area contributed by atoms with E-state index in [1.807, 2.05) is 12.3 Å². The maximum absolute atomic E-state index is 12.7. The molecule has 1 aromatic heterocycles. The molecular formula is C17H21N3O3S2. The summed E-state index contributed by atoms with van der Waals surface area (Å²) in [5.41, 5.74) is 1.25. The van der Waals surface area contributed by atoms with E-state index in [1.54, 1.807) is 0 Å². The summed E-state index contributed by atoms with van der Waals surface area (Å²) in [5, 5.41) is 5.10. The van der Waals surface area contributed by atoms with E-state index in [9.17, 15) is 13.2 Å². The van der Waals surface area contributed by atoms with Crippen molar-refractivity contribution in [2.45, 2.75) is 31.6 Å². The Bertz CT molecular complexity index is 852. The number of nitrogens with zero attached hydrogens (tertiary/aromatic N) is 2. The zero-order valence-electron chi connectivity index (χ0n) is 14.2. The highest BCUT2D eigenvalue weighted by molar-refractivity contribution is 7.89. The quantitative estimate of drug-likeness (QED) is 0.885. The smallest absolute Gasteiger partial charge is 0.257 e. The molecule has 1 aromatic carbocycles. The van der Waals surface area contributed by atoms with Crippen LogP contribution in [-0.2, 0) is 10.0 Å². The number of hydrogen-bond donors (Lipinski definition) is 1. The Morgan fingerprint density at radius 3 is 2.44 bits per heavy atom. The van der Waals surface area contributed by atoms with Crippen molar-refractivity contribution in [3.05, 3.63) is 40.9 Å². The van der Waals surface area contributed by atoms with E-state index < -0.39 is 10.0 Å². The Balaban J connectivity index is 1.72. The van der Waals surface area contributed by atoms with Crippen LogP contribution in [-0.4, -0.2) is 36.7 Å². The Morgan fingerprint density at radius 1 is 1.24 bits per heavy atom. The highest BCUT2D eigenvalue weighted by atomic mass is 32.2. The van der Waals surface area contributed by atoms with Crippen LogP contribution in [0, 0.1) is 12.8 Å². The van der Waals surface area contributed by atoms with Gasteiger partial charge in [0.25, 0.3) is 5.91 Å². The van der Waals surface area contributed by atoms with Gasteiger partial charge in [-0.25, -0.2) is 13.4 Å².